The summed E-state index contributed by atoms with van der Waals surface area (Å²) in [5.41, 5.74) is 0.229. The normalized spacial score (nSPS) is 24.5. The van der Waals surface area contributed by atoms with E-state index in [0.29, 0.717) is 11.8 Å². The third-order valence-corrected chi connectivity index (χ3v) is 4.47. The molecule has 1 saturated carbocycles. The van der Waals surface area contributed by atoms with E-state index < -0.39 is 5.97 Å². The molecule has 120 valence electrons. The molecule has 0 aromatic heterocycles. The zero-order valence-corrected chi connectivity index (χ0v) is 13.0. The minimum atomic E-state index is -0.615. The third-order valence-electron chi connectivity index (χ3n) is 4.47. The molecule has 22 heavy (non-hydrogen) atoms. The van der Waals surface area contributed by atoms with Crippen LogP contribution in [0.5, 0.6) is 5.75 Å². The first kappa shape index (κ1) is 16.3. The molecule has 0 aliphatic heterocycles. The van der Waals surface area contributed by atoms with Crippen molar-refractivity contribution in [2.75, 3.05) is 6.61 Å². The molecule has 5 nitrogen and oxygen atoms in total. The molecule has 2 rings (SSSR count). The molecule has 1 aliphatic carbocycles. The van der Waals surface area contributed by atoms with E-state index in [-0.39, 0.29) is 29.9 Å². The Balaban J connectivity index is 1.81. The zero-order valence-electron chi connectivity index (χ0n) is 13.0. The van der Waals surface area contributed by atoms with Gasteiger partial charge in [0.25, 0.3) is 5.91 Å². The van der Waals surface area contributed by atoms with E-state index in [1.54, 1.807) is 6.07 Å². The SMILES string of the molecule is C[C@@H]1[C@@H](C)CCC[C@H]1NC(=O)COC(=O)c1cccc(O)c1. The largest absolute Gasteiger partial charge is 0.508 e. The number of esters is 1. The number of phenolic OH excluding ortho intramolecular Hbond substituents is 1. The molecule has 1 aromatic rings. The second-order valence-corrected chi connectivity index (χ2v) is 6.07. The van der Waals surface area contributed by atoms with Crippen molar-refractivity contribution in [3.63, 3.8) is 0 Å². The van der Waals surface area contributed by atoms with Crippen LogP contribution >= 0.6 is 0 Å². The second kappa shape index (κ2) is 7.29. The summed E-state index contributed by atoms with van der Waals surface area (Å²) < 4.78 is 4.99. The lowest BCUT2D eigenvalue weighted by atomic mass is 9.78. The summed E-state index contributed by atoms with van der Waals surface area (Å²) in [5.74, 6) is 0.118. The van der Waals surface area contributed by atoms with Gasteiger partial charge in [0, 0.05) is 6.04 Å². The van der Waals surface area contributed by atoms with E-state index in [1.165, 1.54) is 24.6 Å². The van der Waals surface area contributed by atoms with Crippen LogP contribution in [0.15, 0.2) is 24.3 Å². The Morgan fingerprint density at radius 1 is 1.32 bits per heavy atom. The van der Waals surface area contributed by atoms with Crippen LogP contribution in [0.3, 0.4) is 0 Å². The Labute approximate surface area is 130 Å². The van der Waals surface area contributed by atoms with Crippen molar-refractivity contribution in [1.82, 2.24) is 5.32 Å². The van der Waals surface area contributed by atoms with Crippen LogP contribution in [-0.4, -0.2) is 29.6 Å². The Morgan fingerprint density at radius 3 is 2.82 bits per heavy atom. The number of aromatic hydroxyl groups is 1. The summed E-state index contributed by atoms with van der Waals surface area (Å²) in [5, 5.41) is 12.3. The maximum absolute atomic E-state index is 11.9. The number of hydrogen-bond acceptors (Lipinski definition) is 4. The minimum absolute atomic E-state index is 0.0103. The number of hydrogen-bond donors (Lipinski definition) is 2. The maximum atomic E-state index is 11.9. The zero-order chi connectivity index (χ0) is 16.1. The molecule has 0 unspecified atom stereocenters. The van der Waals surface area contributed by atoms with Gasteiger partial charge in [-0.05, 0) is 36.5 Å². The fraction of sp³-hybridized carbons (Fsp3) is 0.529. The molecule has 0 heterocycles. The first-order valence-electron chi connectivity index (χ1n) is 7.73. The molecule has 5 heteroatoms. The van der Waals surface area contributed by atoms with Crippen LogP contribution in [0.2, 0.25) is 0 Å². The third kappa shape index (κ3) is 4.23. The van der Waals surface area contributed by atoms with E-state index in [0.717, 1.165) is 12.8 Å². The average Bonchev–Trinajstić information content (AvgIpc) is 2.49. The first-order chi connectivity index (χ1) is 10.5. The molecule has 1 aromatic carbocycles. The van der Waals surface area contributed by atoms with Gasteiger partial charge in [-0.2, -0.15) is 0 Å². The van der Waals surface area contributed by atoms with Crippen molar-refractivity contribution in [2.24, 2.45) is 11.8 Å². The number of rotatable bonds is 4. The molecule has 3 atom stereocenters. The predicted molar refractivity (Wildman–Crippen MR) is 82.5 cm³/mol. The van der Waals surface area contributed by atoms with Gasteiger partial charge in [-0.3, -0.25) is 4.79 Å². The van der Waals surface area contributed by atoms with E-state index in [4.69, 9.17) is 4.74 Å². The van der Waals surface area contributed by atoms with Crippen molar-refractivity contribution in [2.45, 2.75) is 39.2 Å². The average molecular weight is 305 g/mol. The monoisotopic (exact) mass is 305 g/mol. The van der Waals surface area contributed by atoms with Gasteiger partial charge in [0.2, 0.25) is 0 Å². The van der Waals surface area contributed by atoms with Gasteiger partial charge in [0.05, 0.1) is 5.56 Å². The maximum Gasteiger partial charge on any atom is 0.338 e. The standard InChI is InChI=1S/C17H23NO4/c1-11-5-3-8-15(12(11)2)18-16(20)10-22-17(21)13-6-4-7-14(19)9-13/h4,6-7,9,11-12,15,19H,3,5,8,10H2,1-2H3,(H,18,20)/t11-,12+,15+/m0/s1. The number of carbonyl (C=O) groups excluding carboxylic acids is 2. The van der Waals surface area contributed by atoms with E-state index in [9.17, 15) is 14.7 Å². The predicted octanol–water partition coefficient (Wildman–Crippen LogP) is 2.49. The summed E-state index contributed by atoms with van der Waals surface area (Å²) in [4.78, 5) is 23.7. The van der Waals surface area contributed by atoms with Crippen LogP contribution < -0.4 is 5.32 Å². The highest BCUT2D eigenvalue weighted by Crippen LogP contribution is 2.29. The summed E-state index contributed by atoms with van der Waals surface area (Å²) in [6.07, 6.45) is 3.28. The molecule has 1 amide bonds. The van der Waals surface area contributed by atoms with Gasteiger partial charge in [-0.1, -0.05) is 32.8 Å². The van der Waals surface area contributed by atoms with E-state index in [1.807, 2.05) is 0 Å². The van der Waals surface area contributed by atoms with Crippen LogP contribution in [0, 0.1) is 11.8 Å². The molecule has 0 saturated heterocycles. The van der Waals surface area contributed by atoms with Crippen molar-refractivity contribution in [1.29, 1.82) is 0 Å². The Kier molecular flexibility index (Phi) is 5.41. The molecular formula is C17H23NO4. The summed E-state index contributed by atoms with van der Waals surface area (Å²) >= 11 is 0. The van der Waals surface area contributed by atoms with Gasteiger partial charge < -0.3 is 15.2 Å². The number of carbonyl (C=O) groups is 2. The van der Waals surface area contributed by atoms with Gasteiger partial charge in [-0.15, -0.1) is 0 Å². The lowest BCUT2D eigenvalue weighted by Crippen LogP contribution is -2.45. The lowest BCUT2D eigenvalue weighted by molar-refractivity contribution is -0.125. The number of amides is 1. The van der Waals surface area contributed by atoms with Gasteiger partial charge >= 0.3 is 5.97 Å². The highest BCUT2D eigenvalue weighted by atomic mass is 16.5. The Morgan fingerprint density at radius 2 is 2.09 bits per heavy atom. The first-order valence-corrected chi connectivity index (χ1v) is 7.73. The molecule has 0 radical (unpaired) electrons. The van der Waals surface area contributed by atoms with E-state index in [2.05, 4.69) is 19.2 Å². The second-order valence-electron chi connectivity index (χ2n) is 6.07. The van der Waals surface area contributed by atoms with Gasteiger partial charge in [-0.25, -0.2) is 4.79 Å². The number of benzene rings is 1. The lowest BCUT2D eigenvalue weighted by Gasteiger charge is -2.34. The van der Waals surface area contributed by atoms with Crippen molar-refractivity contribution >= 4 is 11.9 Å². The minimum Gasteiger partial charge on any atom is -0.508 e. The van der Waals surface area contributed by atoms with Crippen molar-refractivity contribution < 1.29 is 19.4 Å². The summed E-state index contributed by atoms with van der Waals surface area (Å²) in [7, 11) is 0. The number of phenols is 1. The highest BCUT2D eigenvalue weighted by Gasteiger charge is 2.28. The molecule has 0 spiro atoms. The van der Waals surface area contributed by atoms with Crippen LogP contribution in [0.25, 0.3) is 0 Å². The van der Waals surface area contributed by atoms with Crippen molar-refractivity contribution in [3.8, 4) is 5.75 Å². The quantitative estimate of drug-likeness (QED) is 0.838. The number of ether oxygens (including phenoxy) is 1. The van der Waals surface area contributed by atoms with E-state index >= 15 is 0 Å². The Bertz CT molecular complexity index is 543. The molecule has 2 N–H and O–H groups in total. The molecule has 1 fully saturated rings. The summed E-state index contributed by atoms with van der Waals surface area (Å²) in [6, 6.07) is 6.01. The molecule has 0 bridgehead atoms. The topological polar surface area (TPSA) is 75.6 Å². The molecular weight excluding hydrogens is 282 g/mol. The number of nitrogens with one attached hydrogen (secondary N) is 1. The summed E-state index contributed by atoms with van der Waals surface area (Å²) in [6.45, 7) is 4.05. The Hall–Kier alpha value is -2.04. The fourth-order valence-corrected chi connectivity index (χ4v) is 2.88. The van der Waals surface area contributed by atoms with Gasteiger partial charge in [0.1, 0.15) is 5.75 Å². The van der Waals surface area contributed by atoms with Crippen molar-refractivity contribution in [3.05, 3.63) is 29.8 Å². The highest BCUT2D eigenvalue weighted by molar-refractivity contribution is 5.91. The van der Waals surface area contributed by atoms with Crippen LogP contribution in [0.4, 0.5) is 0 Å². The van der Waals surface area contributed by atoms with Crippen LogP contribution in [-0.2, 0) is 9.53 Å². The fourth-order valence-electron chi connectivity index (χ4n) is 2.88. The van der Waals surface area contributed by atoms with Gasteiger partial charge in [0.15, 0.2) is 6.61 Å². The van der Waals surface area contributed by atoms with Crippen LogP contribution in [0.1, 0.15) is 43.5 Å². The smallest absolute Gasteiger partial charge is 0.338 e. The molecule has 1 aliphatic rings.